The van der Waals surface area contributed by atoms with E-state index in [1.54, 1.807) is 0 Å². The van der Waals surface area contributed by atoms with Gasteiger partial charge in [0.25, 0.3) is 0 Å². The van der Waals surface area contributed by atoms with Gasteiger partial charge < -0.3 is 10.6 Å². The van der Waals surface area contributed by atoms with Gasteiger partial charge in [-0.2, -0.15) is 0 Å². The molecule has 1 aromatic carbocycles. The van der Waals surface area contributed by atoms with Crippen LogP contribution in [-0.2, 0) is 4.79 Å². The second-order valence-corrected chi connectivity index (χ2v) is 9.71. The summed E-state index contributed by atoms with van der Waals surface area (Å²) in [6.07, 6.45) is 7.26. The minimum Gasteiger partial charge on any atom is -0.332 e. The van der Waals surface area contributed by atoms with Crippen LogP contribution in [0.2, 0.25) is 0 Å². The van der Waals surface area contributed by atoms with Gasteiger partial charge in [-0.15, -0.1) is 0 Å². The molecule has 0 radical (unpaired) electrons. The lowest BCUT2D eigenvalue weighted by molar-refractivity contribution is -0.119. The Balaban J connectivity index is 1.28. The normalized spacial score (nSPS) is 31.6. The third kappa shape index (κ3) is 4.24. The first-order valence-corrected chi connectivity index (χ1v) is 10.8. The summed E-state index contributed by atoms with van der Waals surface area (Å²) in [5.41, 5.74) is 1.08. The molecule has 5 nitrogen and oxygen atoms in total. The summed E-state index contributed by atoms with van der Waals surface area (Å²) >= 11 is 0. The van der Waals surface area contributed by atoms with E-state index in [0.717, 1.165) is 42.6 Å². The standard InChI is InChI=1S/C23H33N3O2/c1-15(2)21(19-6-4-3-5-7-19)24-14-20(27)25-22(28)26-23-11-16-8-17(12-23)10-18(9-16)13-23/h3-7,15-18,21,24H,8-14H2,1-2H3,(H2,25,26,27,28)/t16?,17?,18?,21-,23?/m1/s1. The molecule has 0 saturated heterocycles. The first-order chi connectivity index (χ1) is 13.4. The zero-order valence-electron chi connectivity index (χ0n) is 17.0. The summed E-state index contributed by atoms with van der Waals surface area (Å²) in [5, 5.41) is 9.06. The largest absolute Gasteiger partial charge is 0.332 e. The predicted octanol–water partition coefficient (Wildman–Crippen LogP) is 3.77. The van der Waals surface area contributed by atoms with E-state index in [1.165, 1.54) is 19.3 Å². The van der Waals surface area contributed by atoms with Crippen molar-refractivity contribution in [1.82, 2.24) is 16.0 Å². The Morgan fingerprint density at radius 2 is 1.57 bits per heavy atom. The minimum atomic E-state index is -0.324. The molecule has 4 bridgehead atoms. The maximum Gasteiger partial charge on any atom is 0.321 e. The van der Waals surface area contributed by atoms with Gasteiger partial charge in [-0.3, -0.25) is 10.1 Å². The predicted molar refractivity (Wildman–Crippen MR) is 110 cm³/mol. The van der Waals surface area contributed by atoms with Crippen molar-refractivity contribution in [3.8, 4) is 0 Å². The highest BCUT2D eigenvalue weighted by molar-refractivity contribution is 5.95. The van der Waals surface area contributed by atoms with Crippen LogP contribution < -0.4 is 16.0 Å². The van der Waals surface area contributed by atoms with Crippen molar-refractivity contribution in [2.24, 2.45) is 23.7 Å². The molecule has 4 aliphatic carbocycles. The van der Waals surface area contributed by atoms with Crippen LogP contribution in [0, 0.1) is 23.7 Å². The molecule has 28 heavy (non-hydrogen) atoms. The fourth-order valence-corrected chi connectivity index (χ4v) is 6.31. The maximum atomic E-state index is 12.5. The summed E-state index contributed by atoms with van der Waals surface area (Å²) in [6, 6.07) is 9.89. The SMILES string of the molecule is CC(C)[C@@H](NCC(=O)NC(=O)NC12CC3CC(CC(C3)C1)C2)c1ccccc1. The van der Waals surface area contributed by atoms with Crippen molar-refractivity contribution in [3.63, 3.8) is 0 Å². The summed E-state index contributed by atoms with van der Waals surface area (Å²) in [7, 11) is 0. The monoisotopic (exact) mass is 383 g/mol. The third-order valence-corrected chi connectivity index (χ3v) is 6.98. The molecule has 5 heteroatoms. The van der Waals surface area contributed by atoms with Gasteiger partial charge in [0.15, 0.2) is 0 Å². The highest BCUT2D eigenvalue weighted by atomic mass is 16.2. The number of nitrogens with one attached hydrogen (secondary N) is 3. The molecule has 0 spiro atoms. The maximum absolute atomic E-state index is 12.5. The molecule has 4 aliphatic rings. The molecular weight excluding hydrogens is 350 g/mol. The van der Waals surface area contributed by atoms with E-state index in [0.29, 0.717) is 5.92 Å². The van der Waals surface area contributed by atoms with E-state index >= 15 is 0 Å². The highest BCUT2D eigenvalue weighted by Gasteiger charge is 2.51. The van der Waals surface area contributed by atoms with Crippen molar-refractivity contribution in [3.05, 3.63) is 35.9 Å². The Hall–Kier alpha value is -1.88. The molecule has 152 valence electrons. The Morgan fingerprint density at radius 3 is 2.11 bits per heavy atom. The van der Waals surface area contributed by atoms with Gasteiger partial charge in [0, 0.05) is 11.6 Å². The fraction of sp³-hybridized carbons (Fsp3) is 0.652. The first-order valence-electron chi connectivity index (χ1n) is 10.8. The molecule has 0 unspecified atom stereocenters. The molecule has 0 aromatic heterocycles. The van der Waals surface area contributed by atoms with Gasteiger partial charge in [-0.25, -0.2) is 4.79 Å². The lowest BCUT2D eigenvalue weighted by Gasteiger charge is -2.56. The second-order valence-electron chi connectivity index (χ2n) is 9.71. The van der Waals surface area contributed by atoms with Crippen molar-refractivity contribution in [2.75, 3.05) is 6.54 Å². The van der Waals surface area contributed by atoms with Gasteiger partial charge in [0.05, 0.1) is 6.54 Å². The molecule has 1 atom stereocenters. The first kappa shape index (κ1) is 19.4. The van der Waals surface area contributed by atoms with E-state index in [-0.39, 0.29) is 30.1 Å². The Labute approximate surface area is 168 Å². The van der Waals surface area contributed by atoms with Crippen LogP contribution in [0.1, 0.15) is 64.0 Å². The van der Waals surface area contributed by atoms with Crippen LogP contribution in [0.15, 0.2) is 30.3 Å². The molecule has 0 aliphatic heterocycles. The van der Waals surface area contributed by atoms with Gasteiger partial charge in [0.2, 0.25) is 5.91 Å². The quantitative estimate of drug-likeness (QED) is 0.700. The number of hydrogen-bond donors (Lipinski definition) is 3. The zero-order valence-corrected chi connectivity index (χ0v) is 17.0. The number of hydrogen-bond acceptors (Lipinski definition) is 3. The van der Waals surface area contributed by atoms with Crippen LogP contribution in [-0.4, -0.2) is 24.0 Å². The van der Waals surface area contributed by atoms with Gasteiger partial charge in [0.1, 0.15) is 0 Å². The van der Waals surface area contributed by atoms with Crippen molar-refractivity contribution < 1.29 is 9.59 Å². The highest BCUT2D eigenvalue weighted by Crippen LogP contribution is 2.55. The summed E-state index contributed by atoms with van der Waals surface area (Å²) in [6.45, 7) is 4.39. The lowest BCUT2D eigenvalue weighted by atomic mass is 9.53. The van der Waals surface area contributed by atoms with Gasteiger partial charge in [-0.05, 0) is 67.8 Å². The molecule has 5 rings (SSSR count). The van der Waals surface area contributed by atoms with Crippen molar-refractivity contribution in [2.45, 2.75) is 64.0 Å². The van der Waals surface area contributed by atoms with E-state index < -0.39 is 0 Å². The average Bonchev–Trinajstić information content (AvgIpc) is 2.60. The van der Waals surface area contributed by atoms with Crippen LogP contribution in [0.25, 0.3) is 0 Å². The average molecular weight is 384 g/mol. The van der Waals surface area contributed by atoms with Gasteiger partial charge in [-0.1, -0.05) is 44.2 Å². The number of benzene rings is 1. The molecule has 1 aromatic rings. The van der Waals surface area contributed by atoms with Crippen LogP contribution in [0.4, 0.5) is 4.79 Å². The van der Waals surface area contributed by atoms with E-state index in [4.69, 9.17) is 0 Å². The van der Waals surface area contributed by atoms with Crippen LogP contribution >= 0.6 is 0 Å². The van der Waals surface area contributed by atoms with Crippen molar-refractivity contribution in [1.29, 1.82) is 0 Å². The number of rotatable bonds is 6. The molecule has 0 heterocycles. The Kier molecular flexibility index (Phi) is 5.46. The number of amides is 3. The van der Waals surface area contributed by atoms with E-state index in [9.17, 15) is 9.59 Å². The number of carbonyl (C=O) groups is 2. The topological polar surface area (TPSA) is 70.2 Å². The van der Waals surface area contributed by atoms with Crippen LogP contribution in [0.3, 0.4) is 0 Å². The summed E-state index contributed by atoms with van der Waals surface area (Å²) in [5.74, 6) is 2.37. The third-order valence-electron chi connectivity index (χ3n) is 6.98. The molecule has 4 saturated carbocycles. The van der Waals surface area contributed by atoms with E-state index in [1.807, 2.05) is 18.2 Å². The Bertz CT molecular complexity index is 681. The number of carbonyl (C=O) groups excluding carboxylic acids is 2. The lowest BCUT2D eigenvalue weighted by Crippen LogP contribution is -2.62. The molecular formula is C23H33N3O2. The van der Waals surface area contributed by atoms with Gasteiger partial charge >= 0.3 is 6.03 Å². The van der Waals surface area contributed by atoms with E-state index in [2.05, 4.69) is 41.9 Å². The minimum absolute atomic E-state index is 0.0724. The molecule has 4 fully saturated rings. The summed E-state index contributed by atoms with van der Waals surface area (Å²) < 4.78 is 0. The Morgan fingerprint density at radius 1 is 1.00 bits per heavy atom. The van der Waals surface area contributed by atoms with Crippen LogP contribution in [0.5, 0.6) is 0 Å². The fourth-order valence-electron chi connectivity index (χ4n) is 6.31. The smallest absolute Gasteiger partial charge is 0.321 e. The number of imide groups is 1. The second kappa shape index (κ2) is 7.86. The molecule has 3 N–H and O–H groups in total. The van der Waals surface area contributed by atoms with Crippen molar-refractivity contribution >= 4 is 11.9 Å². The summed E-state index contributed by atoms with van der Waals surface area (Å²) in [4.78, 5) is 24.9. The number of urea groups is 1. The molecule has 3 amide bonds. The zero-order chi connectivity index (χ0) is 19.7.